The van der Waals surface area contributed by atoms with Crippen LogP contribution in [0, 0.1) is 5.92 Å². The Morgan fingerprint density at radius 2 is 2.56 bits per heavy atom. The van der Waals surface area contributed by atoms with E-state index in [1.54, 1.807) is 11.3 Å². The highest BCUT2D eigenvalue weighted by Crippen LogP contribution is 2.20. The maximum absolute atomic E-state index is 9.96. The maximum atomic E-state index is 9.96. The number of thiophene rings is 1. The van der Waals surface area contributed by atoms with E-state index in [4.69, 9.17) is 4.74 Å². The van der Waals surface area contributed by atoms with Crippen LogP contribution in [0.4, 0.5) is 0 Å². The van der Waals surface area contributed by atoms with Gasteiger partial charge in [0.05, 0.1) is 12.7 Å². The second-order valence-electron chi connectivity index (χ2n) is 4.34. The molecule has 3 nitrogen and oxygen atoms in total. The molecule has 0 aromatic carbocycles. The summed E-state index contributed by atoms with van der Waals surface area (Å²) in [6.45, 7) is 4.27. The van der Waals surface area contributed by atoms with Crippen LogP contribution in [0.25, 0.3) is 0 Å². The fourth-order valence-electron chi connectivity index (χ4n) is 1.96. The molecular formula is C12H19NO2S. The summed E-state index contributed by atoms with van der Waals surface area (Å²) in [4.78, 5) is 1.31. The molecule has 0 amide bonds. The molecule has 0 saturated carbocycles. The van der Waals surface area contributed by atoms with E-state index in [9.17, 15) is 5.11 Å². The first-order valence-electron chi connectivity index (χ1n) is 5.80. The van der Waals surface area contributed by atoms with E-state index < -0.39 is 0 Å². The van der Waals surface area contributed by atoms with E-state index in [-0.39, 0.29) is 6.10 Å². The average molecular weight is 241 g/mol. The predicted molar refractivity (Wildman–Crippen MR) is 65.7 cm³/mol. The van der Waals surface area contributed by atoms with Crippen LogP contribution >= 0.6 is 11.3 Å². The van der Waals surface area contributed by atoms with E-state index in [1.807, 2.05) is 0 Å². The zero-order valence-electron chi connectivity index (χ0n) is 9.56. The van der Waals surface area contributed by atoms with Crippen molar-refractivity contribution in [3.8, 4) is 0 Å². The summed E-state index contributed by atoms with van der Waals surface area (Å²) in [7, 11) is 0. The highest BCUT2D eigenvalue weighted by atomic mass is 32.1. The van der Waals surface area contributed by atoms with Crippen LogP contribution in [0.1, 0.15) is 24.3 Å². The van der Waals surface area contributed by atoms with Crippen LogP contribution in [0.15, 0.2) is 17.5 Å². The molecule has 3 unspecified atom stereocenters. The lowest BCUT2D eigenvalue weighted by atomic mass is 10.0. The Hall–Kier alpha value is -0.420. The van der Waals surface area contributed by atoms with Gasteiger partial charge >= 0.3 is 0 Å². The van der Waals surface area contributed by atoms with Crippen molar-refractivity contribution < 1.29 is 9.84 Å². The molecule has 16 heavy (non-hydrogen) atoms. The van der Waals surface area contributed by atoms with Gasteiger partial charge in [0.25, 0.3) is 0 Å². The summed E-state index contributed by atoms with van der Waals surface area (Å²) in [5.74, 6) is 0.308. The first-order valence-corrected chi connectivity index (χ1v) is 6.68. The molecule has 1 aliphatic heterocycles. The van der Waals surface area contributed by atoms with Crippen LogP contribution in [0.3, 0.4) is 0 Å². The first kappa shape index (κ1) is 12.0. The van der Waals surface area contributed by atoms with Gasteiger partial charge < -0.3 is 15.2 Å². The molecule has 0 bridgehead atoms. The second kappa shape index (κ2) is 5.77. The minimum Gasteiger partial charge on any atom is -0.391 e. The number of nitrogens with one attached hydrogen (secondary N) is 1. The molecular weight excluding hydrogens is 222 g/mol. The molecule has 90 valence electrons. The van der Waals surface area contributed by atoms with Crippen molar-refractivity contribution >= 4 is 11.3 Å². The number of ether oxygens (including phenoxy) is 1. The third kappa shape index (κ3) is 3.04. The van der Waals surface area contributed by atoms with Crippen molar-refractivity contribution in [2.45, 2.75) is 25.5 Å². The first-order chi connectivity index (χ1) is 7.77. The summed E-state index contributed by atoms with van der Waals surface area (Å²) < 4.78 is 5.27. The average Bonchev–Trinajstić information content (AvgIpc) is 2.95. The van der Waals surface area contributed by atoms with Gasteiger partial charge in [-0.15, -0.1) is 11.3 Å². The quantitative estimate of drug-likeness (QED) is 0.826. The van der Waals surface area contributed by atoms with Gasteiger partial charge in [-0.2, -0.15) is 0 Å². The van der Waals surface area contributed by atoms with Crippen molar-refractivity contribution in [1.29, 1.82) is 0 Å². The van der Waals surface area contributed by atoms with E-state index in [2.05, 4.69) is 29.8 Å². The van der Waals surface area contributed by atoms with Crippen LogP contribution in [0.2, 0.25) is 0 Å². The monoisotopic (exact) mass is 241 g/mol. The van der Waals surface area contributed by atoms with Crippen molar-refractivity contribution in [2.24, 2.45) is 5.92 Å². The van der Waals surface area contributed by atoms with E-state index in [1.165, 1.54) is 4.88 Å². The SMILES string of the molecule is CC(NCC(O)C1CCOC1)c1cccs1. The van der Waals surface area contributed by atoms with Crippen molar-refractivity contribution in [3.05, 3.63) is 22.4 Å². The number of hydrogen-bond acceptors (Lipinski definition) is 4. The molecule has 0 aliphatic carbocycles. The molecule has 0 radical (unpaired) electrons. The number of aliphatic hydroxyl groups is 1. The van der Waals surface area contributed by atoms with Crippen LogP contribution in [-0.2, 0) is 4.74 Å². The lowest BCUT2D eigenvalue weighted by molar-refractivity contribution is 0.0889. The molecule has 2 heterocycles. The lowest BCUT2D eigenvalue weighted by Crippen LogP contribution is -2.34. The third-order valence-corrected chi connectivity index (χ3v) is 4.17. The van der Waals surface area contributed by atoms with Gasteiger partial charge in [0.2, 0.25) is 0 Å². The van der Waals surface area contributed by atoms with Gasteiger partial charge in [-0.25, -0.2) is 0 Å². The van der Waals surface area contributed by atoms with Crippen LogP contribution < -0.4 is 5.32 Å². The summed E-state index contributed by atoms with van der Waals surface area (Å²) in [6, 6.07) is 4.49. The van der Waals surface area contributed by atoms with Crippen molar-refractivity contribution in [2.75, 3.05) is 19.8 Å². The number of aliphatic hydroxyl groups excluding tert-OH is 1. The Balaban J connectivity index is 1.74. The van der Waals surface area contributed by atoms with Crippen LogP contribution in [-0.4, -0.2) is 31.0 Å². The Bertz CT molecular complexity index is 296. The van der Waals surface area contributed by atoms with E-state index >= 15 is 0 Å². The Labute approximate surface area is 100 Å². The lowest BCUT2D eigenvalue weighted by Gasteiger charge is -2.19. The normalized spacial score (nSPS) is 24.5. The topological polar surface area (TPSA) is 41.5 Å². The van der Waals surface area contributed by atoms with Crippen LogP contribution in [0.5, 0.6) is 0 Å². The second-order valence-corrected chi connectivity index (χ2v) is 5.32. The molecule has 3 atom stereocenters. The van der Waals surface area contributed by atoms with Gasteiger partial charge in [0.15, 0.2) is 0 Å². The summed E-state index contributed by atoms with van der Waals surface area (Å²) in [5.41, 5.74) is 0. The molecule has 1 fully saturated rings. The Kier molecular flexibility index (Phi) is 4.35. The minimum absolute atomic E-state index is 0.287. The standard InChI is InChI=1S/C12H19NO2S/c1-9(12-3-2-6-16-12)13-7-11(14)10-4-5-15-8-10/h2-3,6,9-11,13-14H,4-5,7-8H2,1H3. The fourth-order valence-corrected chi connectivity index (χ4v) is 2.72. The van der Waals surface area contributed by atoms with E-state index in [0.29, 0.717) is 25.1 Å². The summed E-state index contributed by atoms with van der Waals surface area (Å²) >= 11 is 1.75. The molecule has 2 N–H and O–H groups in total. The number of hydrogen-bond donors (Lipinski definition) is 2. The molecule has 1 aromatic rings. The molecule has 2 rings (SSSR count). The highest BCUT2D eigenvalue weighted by molar-refractivity contribution is 7.10. The van der Waals surface area contributed by atoms with E-state index in [0.717, 1.165) is 13.0 Å². The van der Waals surface area contributed by atoms with Gasteiger partial charge in [0.1, 0.15) is 0 Å². The zero-order chi connectivity index (χ0) is 11.4. The molecule has 1 aromatic heterocycles. The van der Waals surface area contributed by atoms with Gasteiger partial charge in [-0.1, -0.05) is 6.07 Å². The smallest absolute Gasteiger partial charge is 0.0715 e. The fraction of sp³-hybridized carbons (Fsp3) is 0.667. The number of rotatable bonds is 5. The Morgan fingerprint density at radius 1 is 1.69 bits per heavy atom. The predicted octanol–water partition coefficient (Wildman–Crippen LogP) is 1.80. The Morgan fingerprint density at radius 3 is 3.19 bits per heavy atom. The third-order valence-electron chi connectivity index (χ3n) is 3.11. The van der Waals surface area contributed by atoms with Crippen molar-refractivity contribution in [3.63, 3.8) is 0 Å². The minimum atomic E-state index is -0.287. The zero-order valence-corrected chi connectivity index (χ0v) is 10.4. The van der Waals surface area contributed by atoms with Gasteiger partial charge in [0, 0.05) is 30.0 Å². The van der Waals surface area contributed by atoms with Crippen molar-refractivity contribution in [1.82, 2.24) is 5.32 Å². The summed E-state index contributed by atoms with van der Waals surface area (Å²) in [5, 5.41) is 15.4. The largest absolute Gasteiger partial charge is 0.391 e. The van der Waals surface area contributed by atoms with Gasteiger partial charge in [-0.3, -0.25) is 0 Å². The van der Waals surface area contributed by atoms with Gasteiger partial charge in [-0.05, 0) is 24.8 Å². The molecule has 1 aliphatic rings. The molecule has 4 heteroatoms. The molecule has 1 saturated heterocycles. The molecule has 0 spiro atoms. The highest BCUT2D eigenvalue weighted by Gasteiger charge is 2.24. The summed E-state index contributed by atoms with van der Waals surface area (Å²) in [6.07, 6.45) is 0.695. The maximum Gasteiger partial charge on any atom is 0.0715 e.